The number of carbonyl (C=O) groups is 2. The van der Waals surface area contributed by atoms with Crippen LogP contribution in [0, 0.1) is 0 Å². The standard InChI is InChI=1S/C8H6O4.Ba/c9-7(10)5-3-1-2-4-6(5)8(11)12;/h1-4H,(H,9,10)(H,11,12);/q;+2/p+1. The summed E-state index contributed by atoms with van der Waals surface area (Å²) in [6.07, 6.45) is 0. The van der Waals surface area contributed by atoms with E-state index in [1.165, 1.54) is 24.3 Å². The molecule has 1 aromatic carbocycles. The normalized spacial score (nSPS) is 8.62. The maximum absolute atomic E-state index is 10.5. The molecule has 2 N–H and O–H groups in total. The maximum Gasteiger partial charge on any atom is 2.00 e. The van der Waals surface area contributed by atoms with Crippen LogP contribution in [0.4, 0.5) is 0 Å². The zero-order valence-electron chi connectivity index (χ0n) is 7.73. The molecule has 5 heteroatoms. The zero-order valence-corrected chi connectivity index (χ0v) is 11.2. The molecule has 13 heavy (non-hydrogen) atoms. The first-order valence-electron chi connectivity index (χ1n) is 3.18. The van der Waals surface area contributed by atoms with Crippen molar-refractivity contribution in [1.29, 1.82) is 0 Å². The van der Waals surface area contributed by atoms with Crippen LogP contribution in [0.5, 0.6) is 0 Å². The molecule has 4 nitrogen and oxygen atoms in total. The largest absolute Gasteiger partial charge is 2.00 e. The van der Waals surface area contributed by atoms with Gasteiger partial charge >= 0.3 is 62.2 Å². The average molecular weight is 304 g/mol. The number of carboxylic acid groups (broad SMARTS) is 2. The summed E-state index contributed by atoms with van der Waals surface area (Å²) in [5, 5.41) is 17.1. The molecular formula is C8H7BaO4+3. The molecule has 0 atom stereocenters. The number of carboxylic acids is 2. The van der Waals surface area contributed by atoms with Crippen molar-refractivity contribution >= 4 is 60.8 Å². The summed E-state index contributed by atoms with van der Waals surface area (Å²) in [6, 6.07) is 5.48. The predicted octanol–water partition coefficient (Wildman–Crippen LogP) is 0.815. The van der Waals surface area contributed by atoms with E-state index in [9.17, 15) is 9.59 Å². The van der Waals surface area contributed by atoms with Gasteiger partial charge in [-0.3, -0.25) is 0 Å². The zero-order chi connectivity index (χ0) is 9.14. The monoisotopic (exact) mass is 305 g/mol. The minimum atomic E-state index is -1.23. The van der Waals surface area contributed by atoms with Crippen LogP contribution in [0.15, 0.2) is 24.3 Å². The summed E-state index contributed by atoms with van der Waals surface area (Å²) in [6.45, 7) is 0. The minimum Gasteiger partial charge on any atom is -0.478 e. The second-order valence-electron chi connectivity index (χ2n) is 2.16. The summed E-state index contributed by atoms with van der Waals surface area (Å²) >= 11 is 0. The molecule has 0 spiro atoms. The molecule has 0 bridgehead atoms. The van der Waals surface area contributed by atoms with Crippen molar-refractivity contribution in [2.45, 2.75) is 0 Å². The van der Waals surface area contributed by atoms with Crippen LogP contribution >= 0.6 is 0 Å². The number of hydrogen-bond acceptors (Lipinski definition) is 2. The molecular weight excluding hydrogens is 297 g/mol. The van der Waals surface area contributed by atoms with Gasteiger partial charge in [-0.25, -0.2) is 9.59 Å². The van der Waals surface area contributed by atoms with E-state index in [2.05, 4.69) is 0 Å². The van der Waals surface area contributed by atoms with Crippen molar-refractivity contribution in [2.24, 2.45) is 0 Å². The Labute approximate surface area is 116 Å². The van der Waals surface area contributed by atoms with Crippen molar-refractivity contribution in [2.75, 3.05) is 0 Å². The number of hydrogen-bond donors (Lipinski definition) is 2. The van der Waals surface area contributed by atoms with Gasteiger partial charge in [0.1, 0.15) is 0 Å². The van der Waals surface area contributed by atoms with Gasteiger partial charge in [0.25, 0.3) is 0 Å². The van der Waals surface area contributed by atoms with Crippen LogP contribution in [-0.4, -0.2) is 71.0 Å². The van der Waals surface area contributed by atoms with Crippen LogP contribution in [0.1, 0.15) is 22.1 Å². The first-order valence-corrected chi connectivity index (χ1v) is 3.18. The second kappa shape index (κ2) is 5.46. The van der Waals surface area contributed by atoms with Gasteiger partial charge in [-0.1, -0.05) is 12.1 Å². The van der Waals surface area contributed by atoms with E-state index in [1.54, 1.807) is 0 Å². The molecule has 0 saturated carbocycles. The van der Waals surface area contributed by atoms with E-state index in [1.807, 2.05) is 0 Å². The second-order valence-corrected chi connectivity index (χ2v) is 2.16. The maximum atomic E-state index is 10.5. The third-order valence-electron chi connectivity index (χ3n) is 1.39. The Morgan fingerprint density at radius 2 is 1.31 bits per heavy atom. The Kier molecular flexibility index (Phi) is 5.35. The van der Waals surface area contributed by atoms with Gasteiger partial charge in [0.2, 0.25) is 0 Å². The number of benzene rings is 1. The molecule has 0 aliphatic rings. The van der Waals surface area contributed by atoms with E-state index in [-0.39, 0.29) is 61.4 Å². The first-order chi connectivity index (χ1) is 5.63. The number of rotatable bonds is 2. The number of aromatic carboxylic acids is 2. The van der Waals surface area contributed by atoms with Crippen LogP contribution < -0.4 is 0 Å². The molecule has 1 rings (SSSR count). The van der Waals surface area contributed by atoms with Crippen LogP contribution in [0.2, 0.25) is 0 Å². The van der Waals surface area contributed by atoms with E-state index < -0.39 is 11.9 Å². The molecule has 62 valence electrons. The van der Waals surface area contributed by atoms with Crippen molar-refractivity contribution in [1.82, 2.24) is 0 Å². The van der Waals surface area contributed by atoms with Gasteiger partial charge in [-0.15, -0.1) is 0 Å². The molecule has 1 aromatic rings. The minimum absolute atomic E-state index is 0. The van der Waals surface area contributed by atoms with E-state index in [4.69, 9.17) is 10.2 Å². The predicted molar refractivity (Wildman–Crippen MR) is 47.2 cm³/mol. The summed E-state index contributed by atoms with van der Waals surface area (Å²) in [5.41, 5.74) is -0.380. The Hall–Kier alpha value is -0.269. The summed E-state index contributed by atoms with van der Waals surface area (Å²) in [5.74, 6) is -2.46. The van der Waals surface area contributed by atoms with Crippen LogP contribution in [0.3, 0.4) is 0 Å². The van der Waals surface area contributed by atoms with Crippen molar-refractivity contribution in [3.05, 3.63) is 35.4 Å². The third kappa shape index (κ3) is 3.17. The summed E-state index contributed by atoms with van der Waals surface area (Å²) in [7, 11) is 0. The van der Waals surface area contributed by atoms with Crippen molar-refractivity contribution in [3.8, 4) is 0 Å². The fraction of sp³-hybridized carbons (Fsp3) is 0. The van der Waals surface area contributed by atoms with Gasteiger partial charge in [-0.2, -0.15) is 0 Å². The average Bonchev–Trinajstić information content (AvgIpc) is 2.04. The van der Waals surface area contributed by atoms with E-state index >= 15 is 0 Å². The fourth-order valence-electron chi connectivity index (χ4n) is 0.856. The molecule has 0 amide bonds. The van der Waals surface area contributed by atoms with Crippen LogP contribution in [-0.2, 0) is 0 Å². The molecule has 0 aliphatic carbocycles. The molecule has 0 fully saturated rings. The summed E-state index contributed by atoms with van der Waals surface area (Å²) in [4.78, 5) is 20.9. The van der Waals surface area contributed by atoms with Gasteiger partial charge < -0.3 is 10.2 Å². The van der Waals surface area contributed by atoms with Gasteiger partial charge in [0, 0.05) is 0 Å². The third-order valence-corrected chi connectivity index (χ3v) is 1.39. The van der Waals surface area contributed by atoms with E-state index in [0.29, 0.717) is 0 Å². The van der Waals surface area contributed by atoms with E-state index in [0.717, 1.165) is 0 Å². The molecule has 0 radical (unpaired) electrons. The quantitative estimate of drug-likeness (QED) is 0.793. The molecule has 0 heterocycles. The Bertz CT molecular complexity index is 307. The van der Waals surface area contributed by atoms with Crippen molar-refractivity contribution in [3.63, 3.8) is 0 Å². The fourth-order valence-corrected chi connectivity index (χ4v) is 0.856. The first kappa shape index (κ1) is 12.7. The smallest absolute Gasteiger partial charge is 0.478 e. The SMILES string of the molecule is O=C(O)c1ccccc1C(=O)O.[Ba+2].[H+]. The van der Waals surface area contributed by atoms with Gasteiger partial charge in [-0.05, 0) is 12.1 Å². The van der Waals surface area contributed by atoms with Gasteiger partial charge in [0.05, 0.1) is 11.1 Å². The molecule has 0 saturated heterocycles. The Balaban J connectivity index is 0. The topological polar surface area (TPSA) is 74.6 Å². The van der Waals surface area contributed by atoms with Crippen LogP contribution in [0.25, 0.3) is 0 Å². The molecule has 0 aliphatic heterocycles. The Morgan fingerprint density at radius 1 is 1.00 bits per heavy atom. The molecule has 0 aromatic heterocycles. The Morgan fingerprint density at radius 3 is 1.54 bits per heavy atom. The van der Waals surface area contributed by atoms with Crippen molar-refractivity contribution < 1.29 is 21.2 Å². The molecule has 0 unspecified atom stereocenters. The summed E-state index contributed by atoms with van der Waals surface area (Å²) < 4.78 is 0. The van der Waals surface area contributed by atoms with Gasteiger partial charge in [0.15, 0.2) is 0 Å².